The highest BCUT2D eigenvalue weighted by Crippen LogP contribution is 2.24. The number of amides is 2. The molecule has 5 nitrogen and oxygen atoms in total. The third-order valence-corrected chi connectivity index (χ3v) is 6.19. The molecule has 0 radical (unpaired) electrons. The Labute approximate surface area is 181 Å². The molecule has 0 aromatic heterocycles. The second kappa shape index (κ2) is 10.3. The number of hydrogen-bond acceptors (Lipinski definition) is 3. The smallest absolute Gasteiger partial charge is 0.410 e. The average Bonchev–Trinajstić information content (AvgIpc) is 3.25. The summed E-state index contributed by atoms with van der Waals surface area (Å²) in [6, 6.07) is 8.20. The van der Waals surface area contributed by atoms with Crippen LogP contribution >= 0.6 is 0 Å². The fourth-order valence-corrected chi connectivity index (χ4v) is 4.41. The predicted octanol–water partition coefficient (Wildman–Crippen LogP) is 5.28. The van der Waals surface area contributed by atoms with Gasteiger partial charge in [0.2, 0.25) is 0 Å². The van der Waals surface area contributed by atoms with E-state index < -0.39 is 5.60 Å². The standard InChI is InChI=1S/C25H38N2O3/c1-25(2,3)30-24(29)27-18-14-21(15-19-27)9-5-4-8-20-10-12-22(13-11-20)23(28)26-16-6-7-17-26/h10-13,21H,4-9,14-19H2,1-3H3. The highest BCUT2D eigenvalue weighted by Gasteiger charge is 2.26. The molecular formula is C25H38N2O3. The van der Waals surface area contributed by atoms with Crippen LogP contribution in [0.2, 0.25) is 0 Å². The van der Waals surface area contributed by atoms with E-state index in [1.54, 1.807) is 0 Å². The van der Waals surface area contributed by atoms with Crippen LogP contribution in [0.25, 0.3) is 0 Å². The average molecular weight is 415 g/mol. The number of unbranched alkanes of at least 4 members (excludes halogenated alkanes) is 1. The van der Waals surface area contributed by atoms with Crippen molar-refractivity contribution in [3.63, 3.8) is 0 Å². The van der Waals surface area contributed by atoms with Crippen molar-refractivity contribution in [3.8, 4) is 0 Å². The fraction of sp³-hybridized carbons (Fsp3) is 0.680. The summed E-state index contributed by atoms with van der Waals surface area (Å²) in [5.74, 6) is 0.890. The van der Waals surface area contributed by atoms with Gasteiger partial charge in [-0.15, -0.1) is 0 Å². The minimum atomic E-state index is -0.423. The van der Waals surface area contributed by atoms with Gasteiger partial charge >= 0.3 is 6.09 Å². The molecule has 2 heterocycles. The number of hydrogen-bond donors (Lipinski definition) is 0. The summed E-state index contributed by atoms with van der Waals surface area (Å²) in [5.41, 5.74) is 1.71. The molecule has 0 unspecified atom stereocenters. The highest BCUT2D eigenvalue weighted by atomic mass is 16.6. The number of carbonyl (C=O) groups excluding carboxylic acids is 2. The molecule has 30 heavy (non-hydrogen) atoms. The van der Waals surface area contributed by atoms with Gasteiger partial charge in [-0.25, -0.2) is 4.79 Å². The van der Waals surface area contributed by atoms with Crippen LogP contribution in [0, 0.1) is 5.92 Å². The zero-order chi connectivity index (χ0) is 21.6. The molecule has 2 saturated heterocycles. The Hall–Kier alpha value is -2.04. The minimum Gasteiger partial charge on any atom is -0.444 e. The molecule has 2 amide bonds. The van der Waals surface area contributed by atoms with E-state index in [-0.39, 0.29) is 12.0 Å². The summed E-state index contributed by atoms with van der Waals surface area (Å²) in [7, 11) is 0. The van der Waals surface area contributed by atoms with Gasteiger partial charge in [0.1, 0.15) is 5.60 Å². The first-order valence-electron chi connectivity index (χ1n) is 11.7. The van der Waals surface area contributed by atoms with E-state index in [9.17, 15) is 9.59 Å². The van der Waals surface area contributed by atoms with Gasteiger partial charge in [0.15, 0.2) is 0 Å². The lowest BCUT2D eigenvalue weighted by atomic mass is 9.91. The lowest BCUT2D eigenvalue weighted by Crippen LogP contribution is -2.41. The second-order valence-corrected chi connectivity index (χ2v) is 9.85. The molecule has 5 heteroatoms. The van der Waals surface area contributed by atoms with Gasteiger partial charge in [-0.1, -0.05) is 25.0 Å². The molecule has 0 bridgehead atoms. The van der Waals surface area contributed by atoms with Gasteiger partial charge < -0.3 is 14.5 Å². The lowest BCUT2D eigenvalue weighted by molar-refractivity contribution is 0.0180. The number of rotatable bonds is 6. The fourth-order valence-electron chi connectivity index (χ4n) is 4.41. The number of carbonyl (C=O) groups is 2. The van der Waals surface area contributed by atoms with Crippen molar-refractivity contribution in [1.82, 2.24) is 9.80 Å². The molecule has 2 aliphatic heterocycles. The van der Waals surface area contributed by atoms with Gasteiger partial charge in [0.05, 0.1) is 0 Å². The summed E-state index contributed by atoms with van der Waals surface area (Å²) < 4.78 is 5.48. The SMILES string of the molecule is CC(C)(C)OC(=O)N1CCC(CCCCc2ccc(C(=O)N3CCCC3)cc2)CC1. The zero-order valence-electron chi connectivity index (χ0n) is 19.0. The van der Waals surface area contributed by atoms with Gasteiger partial charge in [0, 0.05) is 31.7 Å². The Balaban J connectivity index is 1.32. The summed E-state index contributed by atoms with van der Waals surface area (Å²) in [6.45, 7) is 9.16. The maximum Gasteiger partial charge on any atom is 0.410 e. The summed E-state index contributed by atoms with van der Waals surface area (Å²) in [4.78, 5) is 28.4. The monoisotopic (exact) mass is 414 g/mol. The van der Waals surface area contributed by atoms with Gasteiger partial charge in [-0.05, 0) is 82.9 Å². The molecule has 0 aliphatic carbocycles. The molecule has 166 valence electrons. The van der Waals surface area contributed by atoms with Crippen LogP contribution in [0.5, 0.6) is 0 Å². The van der Waals surface area contributed by atoms with Gasteiger partial charge in [-0.2, -0.15) is 0 Å². The molecule has 0 N–H and O–H groups in total. The first-order valence-corrected chi connectivity index (χ1v) is 11.7. The topological polar surface area (TPSA) is 49.9 Å². The quantitative estimate of drug-likeness (QED) is 0.595. The lowest BCUT2D eigenvalue weighted by Gasteiger charge is -2.33. The Morgan fingerprint density at radius 1 is 0.933 bits per heavy atom. The normalized spacial score (nSPS) is 18.0. The maximum atomic E-state index is 12.4. The minimum absolute atomic E-state index is 0.174. The number of aryl methyl sites for hydroxylation is 1. The first kappa shape index (κ1) is 22.6. The summed E-state index contributed by atoms with van der Waals surface area (Å²) in [6.07, 6.45) is 8.92. The van der Waals surface area contributed by atoms with Crippen LogP contribution < -0.4 is 0 Å². The van der Waals surface area contributed by atoms with E-state index in [1.165, 1.54) is 24.8 Å². The summed E-state index contributed by atoms with van der Waals surface area (Å²) in [5, 5.41) is 0. The van der Waals surface area contributed by atoms with E-state index in [0.29, 0.717) is 5.92 Å². The number of benzene rings is 1. The van der Waals surface area contributed by atoms with Crippen molar-refractivity contribution >= 4 is 12.0 Å². The van der Waals surface area contributed by atoms with Crippen molar-refractivity contribution < 1.29 is 14.3 Å². The van der Waals surface area contributed by atoms with Crippen LogP contribution in [-0.2, 0) is 11.2 Å². The number of likely N-dealkylation sites (tertiary alicyclic amines) is 2. The van der Waals surface area contributed by atoms with Gasteiger partial charge in [-0.3, -0.25) is 4.79 Å². The van der Waals surface area contributed by atoms with Crippen LogP contribution in [0.15, 0.2) is 24.3 Å². The largest absolute Gasteiger partial charge is 0.444 e. The third kappa shape index (κ3) is 6.75. The molecule has 2 fully saturated rings. The predicted molar refractivity (Wildman–Crippen MR) is 120 cm³/mol. The number of piperidine rings is 1. The van der Waals surface area contributed by atoms with E-state index >= 15 is 0 Å². The van der Waals surface area contributed by atoms with Gasteiger partial charge in [0.25, 0.3) is 5.91 Å². The maximum absolute atomic E-state index is 12.4. The van der Waals surface area contributed by atoms with Crippen molar-refractivity contribution in [3.05, 3.63) is 35.4 Å². The summed E-state index contributed by atoms with van der Waals surface area (Å²) >= 11 is 0. The molecule has 0 spiro atoms. The third-order valence-electron chi connectivity index (χ3n) is 6.19. The van der Waals surface area contributed by atoms with Crippen LogP contribution in [0.1, 0.15) is 81.6 Å². The highest BCUT2D eigenvalue weighted by molar-refractivity contribution is 5.94. The Kier molecular flexibility index (Phi) is 7.79. The van der Waals surface area contributed by atoms with Crippen molar-refractivity contribution in [2.75, 3.05) is 26.2 Å². The molecule has 1 aromatic carbocycles. The van der Waals surface area contributed by atoms with Crippen LogP contribution in [0.3, 0.4) is 0 Å². The van der Waals surface area contributed by atoms with E-state index in [4.69, 9.17) is 4.74 Å². The Bertz CT molecular complexity index is 694. The van der Waals surface area contributed by atoms with E-state index in [1.807, 2.05) is 42.7 Å². The molecular weight excluding hydrogens is 376 g/mol. The molecule has 2 aliphatic rings. The molecule has 0 saturated carbocycles. The number of nitrogens with zero attached hydrogens (tertiary/aromatic N) is 2. The van der Waals surface area contributed by atoms with Crippen LogP contribution in [0.4, 0.5) is 4.79 Å². The van der Waals surface area contributed by atoms with Crippen molar-refractivity contribution in [2.45, 2.75) is 77.7 Å². The van der Waals surface area contributed by atoms with Crippen molar-refractivity contribution in [2.24, 2.45) is 5.92 Å². The zero-order valence-corrected chi connectivity index (χ0v) is 19.0. The Morgan fingerprint density at radius 3 is 2.17 bits per heavy atom. The first-order chi connectivity index (χ1) is 14.3. The van der Waals surface area contributed by atoms with E-state index in [2.05, 4.69) is 12.1 Å². The Morgan fingerprint density at radius 2 is 1.57 bits per heavy atom. The number of ether oxygens (including phenoxy) is 1. The van der Waals surface area contributed by atoms with E-state index in [0.717, 1.165) is 63.8 Å². The van der Waals surface area contributed by atoms with Crippen LogP contribution in [-0.4, -0.2) is 53.6 Å². The molecule has 1 aromatic rings. The second-order valence-electron chi connectivity index (χ2n) is 9.85. The molecule has 3 rings (SSSR count). The molecule has 0 atom stereocenters. The van der Waals surface area contributed by atoms with Crippen molar-refractivity contribution in [1.29, 1.82) is 0 Å².